The molecule has 1 heterocycles. The first-order valence-electron chi connectivity index (χ1n) is 10.4. The number of carboxylic acids is 1. The summed E-state index contributed by atoms with van der Waals surface area (Å²) >= 11 is 0. The Bertz CT molecular complexity index is 1050. The van der Waals surface area contributed by atoms with Crippen molar-refractivity contribution in [3.8, 4) is 17.2 Å². The van der Waals surface area contributed by atoms with Gasteiger partial charge < -0.3 is 14.3 Å². The van der Waals surface area contributed by atoms with Gasteiger partial charge in [0, 0.05) is 17.9 Å². The third kappa shape index (κ3) is 3.84. The lowest BCUT2D eigenvalue weighted by Gasteiger charge is -2.27. The van der Waals surface area contributed by atoms with Crippen LogP contribution >= 0.6 is 0 Å². The normalized spacial score (nSPS) is 15.8. The SMILES string of the molecule is Cc1oc(-c2ccccc2)nc1CCOc1ccc2c(c1)CC[C@H]2C(C)(C)C(=O)O. The molecule has 0 bridgehead atoms. The molecule has 1 aliphatic carbocycles. The molecule has 0 radical (unpaired) electrons. The monoisotopic (exact) mass is 405 g/mol. The summed E-state index contributed by atoms with van der Waals surface area (Å²) in [6.07, 6.45) is 2.41. The van der Waals surface area contributed by atoms with Crippen molar-refractivity contribution in [2.45, 2.75) is 46.0 Å². The molecule has 30 heavy (non-hydrogen) atoms. The Labute approximate surface area is 176 Å². The van der Waals surface area contributed by atoms with Crippen molar-refractivity contribution in [2.24, 2.45) is 5.41 Å². The summed E-state index contributed by atoms with van der Waals surface area (Å²) in [7, 11) is 0. The lowest BCUT2D eigenvalue weighted by Crippen LogP contribution is -2.30. The Morgan fingerprint density at radius 2 is 2.00 bits per heavy atom. The number of carbonyl (C=O) groups is 1. The fourth-order valence-electron chi connectivity index (χ4n) is 4.21. The minimum atomic E-state index is -0.769. The van der Waals surface area contributed by atoms with Crippen molar-refractivity contribution in [3.63, 3.8) is 0 Å². The Kier molecular flexibility index (Phi) is 5.37. The van der Waals surface area contributed by atoms with Crippen molar-refractivity contribution < 1.29 is 19.1 Å². The lowest BCUT2D eigenvalue weighted by atomic mass is 9.76. The van der Waals surface area contributed by atoms with E-state index >= 15 is 0 Å². The predicted octanol–water partition coefficient (Wildman–Crippen LogP) is 5.41. The van der Waals surface area contributed by atoms with Crippen molar-refractivity contribution in [1.82, 2.24) is 4.98 Å². The Balaban J connectivity index is 1.40. The average Bonchev–Trinajstić information content (AvgIpc) is 3.32. The van der Waals surface area contributed by atoms with Crippen LogP contribution in [0, 0.1) is 12.3 Å². The number of hydrogen-bond acceptors (Lipinski definition) is 4. The molecule has 1 atom stereocenters. The Morgan fingerprint density at radius 3 is 2.73 bits per heavy atom. The fourth-order valence-corrected chi connectivity index (χ4v) is 4.21. The molecule has 0 amide bonds. The second-order valence-corrected chi connectivity index (χ2v) is 8.47. The number of carboxylic acid groups (broad SMARTS) is 1. The van der Waals surface area contributed by atoms with E-state index in [1.54, 1.807) is 0 Å². The molecular weight excluding hydrogens is 378 g/mol. The molecule has 0 saturated carbocycles. The van der Waals surface area contributed by atoms with Gasteiger partial charge in [0.05, 0.1) is 17.7 Å². The van der Waals surface area contributed by atoms with Gasteiger partial charge in [-0.05, 0) is 69.0 Å². The molecule has 1 N–H and O–H groups in total. The molecule has 156 valence electrons. The van der Waals surface area contributed by atoms with Crippen LogP contribution in [0.2, 0.25) is 0 Å². The third-order valence-corrected chi connectivity index (χ3v) is 6.14. The predicted molar refractivity (Wildman–Crippen MR) is 115 cm³/mol. The van der Waals surface area contributed by atoms with Gasteiger partial charge in [-0.15, -0.1) is 0 Å². The smallest absolute Gasteiger partial charge is 0.309 e. The van der Waals surface area contributed by atoms with Gasteiger partial charge in [0.15, 0.2) is 0 Å². The first kappa shape index (κ1) is 20.2. The maximum absolute atomic E-state index is 11.6. The van der Waals surface area contributed by atoms with E-state index in [1.165, 1.54) is 5.56 Å². The minimum Gasteiger partial charge on any atom is -0.493 e. The summed E-state index contributed by atoms with van der Waals surface area (Å²) in [5.74, 6) is 1.54. The van der Waals surface area contributed by atoms with Crippen LogP contribution in [-0.2, 0) is 17.6 Å². The van der Waals surface area contributed by atoms with Crippen LogP contribution in [-0.4, -0.2) is 22.7 Å². The van der Waals surface area contributed by atoms with E-state index in [-0.39, 0.29) is 5.92 Å². The van der Waals surface area contributed by atoms with Crippen LogP contribution in [0.4, 0.5) is 0 Å². The summed E-state index contributed by atoms with van der Waals surface area (Å²) in [6, 6.07) is 15.9. The van der Waals surface area contributed by atoms with Gasteiger partial charge in [0.2, 0.25) is 5.89 Å². The number of aryl methyl sites for hydroxylation is 2. The van der Waals surface area contributed by atoms with Gasteiger partial charge in [-0.2, -0.15) is 0 Å². The zero-order chi connectivity index (χ0) is 21.3. The highest BCUT2D eigenvalue weighted by Crippen LogP contribution is 2.46. The number of rotatable bonds is 7. The Morgan fingerprint density at radius 1 is 1.23 bits per heavy atom. The number of oxazole rings is 1. The molecule has 5 nitrogen and oxygen atoms in total. The van der Waals surface area contributed by atoms with Crippen LogP contribution < -0.4 is 4.74 Å². The van der Waals surface area contributed by atoms with E-state index in [0.29, 0.717) is 18.9 Å². The largest absolute Gasteiger partial charge is 0.493 e. The topological polar surface area (TPSA) is 72.6 Å². The molecule has 1 aromatic heterocycles. The van der Waals surface area contributed by atoms with Crippen molar-refractivity contribution in [2.75, 3.05) is 6.61 Å². The highest BCUT2D eigenvalue weighted by molar-refractivity contribution is 5.75. The van der Waals surface area contributed by atoms with Crippen molar-refractivity contribution in [3.05, 3.63) is 71.1 Å². The van der Waals surface area contributed by atoms with Gasteiger partial charge in [-0.3, -0.25) is 4.79 Å². The molecule has 0 aliphatic heterocycles. The van der Waals surface area contributed by atoms with Gasteiger partial charge >= 0.3 is 5.97 Å². The van der Waals surface area contributed by atoms with E-state index in [9.17, 15) is 9.90 Å². The molecule has 0 saturated heterocycles. The number of ether oxygens (including phenoxy) is 1. The summed E-state index contributed by atoms with van der Waals surface area (Å²) in [6.45, 7) is 6.05. The molecule has 5 heteroatoms. The first-order chi connectivity index (χ1) is 14.4. The zero-order valence-electron chi connectivity index (χ0n) is 17.6. The summed E-state index contributed by atoms with van der Waals surface area (Å²) < 4.78 is 11.8. The van der Waals surface area contributed by atoms with Gasteiger partial charge in [-0.1, -0.05) is 24.3 Å². The van der Waals surface area contributed by atoms with Gasteiger partial charge in [0.25, 0.3) is 0 Å². The van der Waals surface area contributed by atoms with Gasteiger partial charge in [0.1, 0.15) is 11.5 Å². The highest BCUT2D eigenvalue weighted by Gasteiger charge is 2.41. The maximum atomic E-state index is 11.6. The number of aromatic nitrogens is 1. The van der Waals surface area contributed by atoms with E-state index in [1.807, 2.05) is 63.2 Å². The molecule has 3 aromatic rings. The van der Waals surface area contributed by atoms with Crippen molar-refractivity contribution >= 4 is 5.97 Å². The zero-order valence-corrected chi connectivity index (χ0v) is 17.6. The van der Waals surface area contributed by atoms with Crippen LogP contribution in [0.5, 0.6) is 5.75 Å². The van der Waals surface area contributed by atoms with Gasteiger partial charge in [-0.25, -0.2) is 4.98 Å². The van der Waals surface area contributed by atoms with Crippen molar-refractivity contribution in [1.29, 1.82) is 0 Å². The Hall–Kier alpha value is -3.08. The molecule has 0 fully saturated rings. The van der Waals surface area contributed by atoms with E-state index in [4.69, 9.17) is 9.15 Å². The number of aliphatic carboxylic acids is 1. The molecule has 4 rings (SSSR count). The van der Waals surface area contributed by atoms with E-state index in [0.717, 1.165) is 41.2 Å². The van der Waals surface area contributed by atoms with Crippen LogP contribution in [0.25, 0.3) is 11.5 Å². The third-order valence-electron chi connectivity index (χ3n) is 6.14. The number of nitrogens with zero attached hydrogens (tertiary/aromatic N) is 1. The summed E-state index contributed by atoms with van der Waals surface area (Å²) in [4.78, 5) is 16.3. The molecule has 1 aliphatic rings. The number of fused-ring (bicyclic) bond motifs is 1. The van der Waals surface area contributed by atoms with E-state index < -0.39 is 11.4 Å². The maximum Gasteiger partial charge on any atom is 0.309 e. The fraction of sp³-hybridized carbons (Fsp3) is 0.360. The number of hydrogen-bond donors (Lipinski definition) is 1. The molecule has 0 spiro atoms. The second-order valence-electron chi connectivity index (χ2n) is 8.47. The molecular formula is C25H27NO4. The first-order valence-corrected chi connectivity index (χ1v) is 10.4. The van der Waals surface area contributed by atoms with Crippen LogP contribution in [0.1, 0.15) is 48.8 Å². The van der Waals surface area contributed by atoms with Crippen LogP contribution in [0.15, 0.2) is 52.9 Å². The molecule has 2 aromatic carbocycles. The van der Waals surface area contributed by atoms with E-state index in [2.05, 4.69) is 11.1 Å². The summed E-state index contributed by atoms with van der Waals surface area (Å²) in [5, 5.41) is 9.56. The minimum absolute atomic E-state index is 0.0354. The molecule has 0 unspecified atom stereocenters. The second kappa shape index (κ2) is 7.98. The highest BCUT2D eigenvalue weighted by atomic mass is 16.5. The summed E-state index contributed by atoms with van der Waals surface area (Å²) in [5.41, 5.74) is 3.42. The van der Waals surface area contributed by atoms with Crippen LogP contribution in [0.3, 0.4) is 0 Å². The number of benzene rings is 2. The quantitative estimate of drug-likeness (QED) is 0.569. The lowest BCUT2D eigenvalue weighted by molar-refractivity contribution is -0.148. The standard InChI is InChI=1S/C25H27NO4/c1-16-22(26-23(30-16)17-7-5-4-6-8-17)13-14-29-19-10-11-20-18(15-19)9-12-21(20)25(2,3)24(27)28/h4-8,10-11,15,21H,9,12-14H2,1-3H3,(H,27,28)/t21-/m1/s1. The average molecular weight is 405 g/mol.